The van der Waals surface area contributed by atoms with Crippen LogP contribution < -0.4 is 10.6 Å². The van der Waals surface area contributed by atoms with Gasteiger partial charge < -0.3 is 15.2 Å². The topological polar surface area (TPSA) is 88.8 Å². The molecular formula is C12H17ClN6O. The smallest absolute Gasteiger partial charge is 0.228 e. The fourth-order valence-electron chi connectivity index (χ4n) is 1.54. The second-order valence-corrected chi connectivity index (χ2v) is 4.64. The van der Waals surface area contributed by atoms with Crippen molar-refractivity contribution in [3.63, 3.8) is 0 Å². The van der Waals surface area contributed by atoms with Crippen LogP contribution in [0.2, 0.25) is 5.02 Å². The molecule has 0 bridgehead atoms. The first-order valence-corrected chi connectivity index (χ1v) is 6.86. The number of aryl methyl sites for hydroxylation is 1. The SMILES string of the molecule is CCCNc1ncc(Cl)c(NCCc2nc(C)no2)n1. The van der Waals surface area contributed by atoms with Gasteiger partial charge in [0.05, 0.1) is 6.20 Å². The lowest BCUT2D eigenvalue weighted by Crippen LogP contribution is -2.10. The second-order valence-electron chi connectivity index (χ2n) is 4.23. The molecular weight excluding hydrogens is 280 g/mol. The number of rotatable bonds is 7. The molecule has 0 amide bonds. The Bertz CT molecular complexity index is 559. The first-order valence-electron chi connectivity index (χ1n) is 6.48. The van der Waals surface area contributed by atoms with Crippen LogP contribution in [-0.2, 0) is 6.42 Å². The van der Waals surface area contributed by atoms with Crippen molar-refractivity contribution in [3.05, 3.63) is 22.9 Å². The third kappa shape index (κ3) is 4.06. The minimum atomic E-state index is 0.480. The normalized spacial score (nSPS) is 10.6. The van der Waals surface area contributed by atoms with Crippen LogP contribution >= 0.6 is 11.6 Å². The lowest BCUT2D eigenvalue weighted by atomic mass is 10.4. The summed E-state index contributed by atoms with van der Waals surface area (Å²) in [6.45, 7) is 5.29. The Morgan fingerprint density at radius 2 is 2.10 bits per heavy atom. The molecule has 2 aromatic heterocycles. The van der Waals surface area contributed by atoms with Gasteiger partial charge in [-0.05, 0) is 13.3 Å². The predicted molar refractivity (Wildman–Crippen MR) is 77.1 cm³/mol. The molecule has 0 aliphatic rings. The minimum Gasteiger partial charge on any atom is -0.368 e. The predicted octanol–water partition coefficient (Wildman–Crippen LogP) is 2.30. The van der Waals surface area contributed by atoms with Crippen LogP contribution in [0.25, 0.3) is 0 Å². The van der Waals surface area contributed by atoms with E-state index in [4.69, 9.17) is 16.1 Å². The van der Waals surface area contributed by atoms with E-state index in [0.717, 1.165) is 13.0 Å². The lowest BCUT2D eigenvalue weighted by Gasteiger charge is -2.08. The maximum absolute atomic E-state index is 6.05. The van der Waals surface area contributed by atoms with Gasteiger partial charge in [0, 0.05) is 19.5 Å². The van der Waals surface area contributed by atoms with Gasteiger partial charge in [0.2, 0.25) is 11.8 Å². The van der Waals surface area contributed by atoms with Gasteiger partial charge in [-0.25, -0.2) is 4.98 Å². The zero-order valence-corrected chi connectivity index (χ0v) is 12.2. The largest absolute Gasteiger partial charge is 0.368 e. The zero-order chi connectivity index (χ0) is 14.4. The van der Waals surface area contributed by atoms with Gasteiger partial charge in [-0.15, -0.1) is 0 Å². The number of nitrogens with one attached hydrogen (secondary N) is 2. The molecule has 2 rings (SSSR count). The monoisotopic (exact) mass is 296 g/mol. The van der Waals surface area contributed by atoms with Crippen molar-refractivity contribution in [2.75, 3.05) is 23.7 Å². The highest BCUT2D eigenvalue weighted by molar-refractivity contribution is 6.32. The number of aromatic nitrogens is 4. The standard InChI is InChI=1S/C12H17ClN6O/c1-3-5-15-12-16-7-9(13)11(18-12)14-6-4-10-17-8(2)19-20-10/h7H,3-6H2,1-2H3,(H2,14,15,16,18). The van der Waals surface area contributed by atoms with Crippen molar-refractivity contribution in [2.45, 2.75) is 26.7 Å². The number of nitrogens with zero attached hydrogens (tertiary/aromatic N) is 4. The number of hydrogen-bond donors (Lipinski definition) is 2. The van der Waals surface area contributed by atoms with Crippen LogP contribution in [0.4, 0.5) is 11.8 Å². The van der Waals surface area contributed by atoms with Crippen LogP contribution in [0.3, 0.4) is 0 Å². The van der Waals surface area contributed by atoms with Crippen molar-refractivity contribution < 1.29 is 4.52 Å². The van der Waals surface area contributed by atoms with Gasteiger partial charge in [0.25, 0.3) is 0 Å². The molecule has 0 saturated heterocycles. The third-order valence-corrected chi connectivity index (χ3v) is 2.75. The van der Waals surface area contributed by atoms with E-state index in [9.17, 15) is 0 Å². The molecule has 0 spiro atoms. The average Bonchev–Trinajstić information content (AvgIpc) is 2.85. The third-order valence-electron chi connectivity index (χ3n) is 2.48. The summed E-state index contributed by atoms with van der Waals surface area (Å²) in [5.74, 6) is 2.37. The first kappa shape index (κ1) is 14.5. The summed E-state index contributed by atoms with van der Waals surface area (Å²) >= 11 is 6.05. The van der Waals surface area contributed by atoms with E-state index in [1.165, 1.54) is 0 Å². The second kappa shape index (κ2) is 7.04. The highest BCUT2D eigenvalue weighted by Gasteiger charge is 2.06. The molecule has 0 atom stereocenters. The van der Waals surface area contributed by atoms with Gasteiger partial charge in [-0.1, -0.05) is 23.7 Å². The minimum absolute atomic E-state index is 0.480. The molecule has 0 saturated carbocycles. The number of hydrogen-bond acceptors (Lipinski definition) is 7. The Labute approximate surface area is 122 Å². The van der Waals surface area contributed by atoms with Gasteiger partial charge in [-0.2, -0.15) is 9.97 Å². The maximum atomic E-state index is 6.05. The van der Waals surface area contributed by atoms with Crippen LogP contribution in [0.1, 0.15) is 25.1 Å². The summed E-state index contributed by atoms with van der Waals surface area (Å²) in [7, 11) is 0. The Morgan fingerprint density at radius 1 is 1.25 bits per heavy atom. The van der Waals surface area contributed by atoms with Crippen molar-refractivity contribution in [2.24, 2.45) is 0 Å². The van der Waals surface area contributed by atoms with E-state index in [2.05, 4.69) is 37.7 Å². The van der Waals surface area contributed by atoms with E-state index in [1.54, 1.807) is 13.1 Å². The molecule has 2 N–H and O–H groups in total. The van der Waals surface area contributed by atoms with E-state index < -0.39 is 0 Å². The van der Waals surface area contributed by atoms with Crippen molar-refractivity contribution >= 4 is 23.4 Å². The summed E-state index contributed by atoms with van der Waals surface area (Å²) in [5.41, 5.74) is 0. The summed E-state index contributed by atoms with van der Waals surface area (Å²) in [6, 6.07) is 0. The molecule has 0 aliphatic carbocycles. The fourth-order valence-corrected chi connectivity index (χ4v) is 1.70. The summed E-state index contributed by atoms with van der Waals surface area (Å²) in [4.78, 5) is 12.6. The molecule has 0 fully saturated rings. The van der Waals surface area contributed by atoms with E-state index in [0.29, 0.717) is 41.5 Å². The quantitative estimate of drug-likeness (QED) is 0.810. The molecule has 20 heavy (non-hydrogen) atoms. The Morgan fingerprint density at radius 3 is 2.80 bits per heavy atom. The molecule has 0 unspecified atom stereocenters. The average molecular weight is 297 g/mol. The Kier molecular flexibility index (Phi) is 5.11. The van der Waals surface area contributed by atoms with Crippen LogP contribution in [0.5, 0.6) is 0 Å². The van der Waals surface area contributed by atoms with Crippen LogP contribution in [0.15, 0.2) is 10.7 Å². The highest BCUT2D eigenvalue weighted by Crippen LogP contribution is 2.19. The molecule has 8 heteroatoms. The van der Waals surface area contributed by atoms with Gasteiger partial charge in [0.15, 0.2) is 5.82 Å². The van der Waals surface area contributed by atoms with E-state index >= 15 is 0 Å². The zero-order valence-electron chi connectivity index (χ0n) is 11.5. The molecule has 0 radical (unpaired) electrons. The van der Waals surface area contributed by atoms with Crippen molar-refractivity contribution in [1.82, 2.24) is 20.1 Å². The van der Waals surface area contributed by atoms with Crippen molar-refractivity contribution in [1.29, 1.82) is 0 Å². The summed E-state index contributed by atoms with van der Waals surface area (Å²) in [6.07, 6.45) is 3.19. The Hall–Kier alpha value is -1.89. The first-order chi connectivity index (χ1) is 9.69. The molecule has 2 aromatic rings. The van der Waals surface area contributed by atoms with Gasteiger partial charge in [0.1, 0.15) is 10.8 Å². The number of anilines is 2. The van der Waals surface area contributed by atoms with Gasteiger partial charge >= 0.3 is 0 Å². The number of halogens is 1. The Balaban J connectivity index is 1.90. The van der Waals surface area contributed by atoms with Crippen molar-refractivity contribution in [3.8, 4) is 0 Å². The lowest BCUT2D eigenvalue weighted by molar-refractivity contribution is 0.377. The molecule has 0 aromatic carbocycles. The molecule has 2 heterocycles. The molecule has 7 nitrogen and oxygen atoms in total. The van der Waals surface area contributed by atoms with E-state index in [-0.39, 0.29) is 0 Å². The summed E-state index contributed by atoms with van der Waals surface area (Å²) in [5, 5.41) is 10.5. The van der Waals surface area contributed by atoms with Crippen LogP contribution in [-0.4, -0.2) is 33.2 Å². The molecule has 108 valence electrons. The highest BCUT2D eigenvalue weighted by atomic mass is 35.5. The van der Waals surface area contributed by atoms with E-state index in [1.807, 2.05) is 0 Å². The maximum Gasteiger partial charge on any atom is 0.228 e. The van der Waals surface area contributed by atoms with Crippen LogP contribution in [0, 0.1) is 6.92 Å². The summed E-state index contributed by atoms with van der Waals surface area (Å²) < 4.78 is 5.03. The fraction of sp³-hybridized carbons (Fsp3) is 0.500. The van der Waals surface area contributed by atoms with Gasteiger partial charge in [-0.3, -0.25) is 0 Å². The molecule has 0 aliphatic heterocycles.